The van der Waals surface area contributed by atoms with E-state index in [0.29, 0.717) is 0 Å². The molecule has 0 aromatic heterocycles. The monoisotopic (exact) mass is 271 g/mol. The van der Waals surface area contributed by atoms with Crippen molar-refractivity contribution in [2.75, 3.05) is 6.54 Å². The van der Waals surface area contributed by atoms with Gasteiger partial charge in [0, 0.05) is 6.54 Å². The largest absolute Gasteiger partial charge is 0.334 e. The lowest BCUT2D eigenvalue weighted by atomic mass is 9.86. The zero-order chi connectivity index (χ0) is 14.4. The van der Waals surface area contributed by atoms with Gasteiger partial charge in [-0.25, -0.2) is 0 Å². The number of unbranched alkanes of at least 4 members (excludes halogenated alkanes) is 1. The Labute approximate surface area is 122 Å². The zero-order valence-electron chi connectivity index (χ0n) is 12.6. The lowest BCUT2D eigenvalue weighted by Gasteiger charge is -2.36. The Morgan fingerprint density at radius 2 is 2.10 bits per heavy atom. The van der Waals surface area contributed by atoms with Gasteiger partial charge in [-0.2, -0.15) is 0 Å². The van der Waals surface area contributed by atoms with E-state index >= 15 is 0 Å². The molecule has 0 fully saturated rings. The van der Waals surface area contributed by atoms with E-state index in [1.807, 2.05) is 4.90 Å². The van der Waals surface area contributed by atoms with E-state index in [-0.39, 0.29) is 6.04 Å². The molecule has 2 heteroatoms. The second-order valence-electron chi connectivity index (χ2n) is 5.51. The van der Waals surface area contributed by atoms with Crippen molar-refractivity contribution in [1.82, 2.24) is 4.90 Å². The van der Waals surface area contributed by atoms with Crippen LogP contribution in [0.25, 0.3) is 0 Å². The Morgan fingerprint density at radius 3 is 2.80 bits per heavy atom. The molecule has 1 amide bonds. The number of nitrogens with zero attached hydrogens (tertiary/aromatic N) is 1. The summed E-state index contributed by atoms with van der Waals surface area (Å²) in [5.41, 5.74) is 4.13. The molecule has 1 atom stereocenters. The lowest BCUT2D eigenvalue weighted by Crippen LogP contribution is -2.35. The predicted octanol–water partition coefficient (Wildman–Crippen LogP) is 4.27. The molecule has 20 heavy (non-hydrogen) atoms. The highest BCUT2D eigenvalue weighted by Gasteiger charge is 2.28. The summed E-state index contributed by atoms with van der Waals surface area (Å²) < 4.78 is 0. The molecule has 1 aromatic rings. The fraction of sp³-hybridized carbons (Fsp3) is 0.500. The van der Waals surface area contributed by atoms with E-state index in [4.69, 9.17) is 0 Å². The molecule has 108 valence electrons. The molecule has 2 rings (SSSR count). The molecule has 1 aliphatic heterocycles. The van der Waals surface area contributed by atoms with Crippen molar-refractivity contribution >= 4 is 6.41 Å². The van der Waals surface area contributed by atoms with Gasteiger partial charge in [-0.05, 0) is 36.0 Å². The molecule has 1 aliphatic rings. The van der Waals surface area contributed by atoms with Crippen molar-refractivity contribution in [3.63, 3.8) is 0 Å². The van der Waals surface area contributed by atoms with E-state index in [9.17, 15) is 4.79 Å². The fourth-order valence-electron chi connectivity index (χ4n) is 3.08. The van der Waals surface area contributed by atoms with Gasteiger partial charge in [-0.1, -0.05) is 57.0 Å². The SMILES string of the molecule is CCC/C=C(\CCC)C1c2ccccc2CCN1C=O. The van der Waals surface area contributed by atoms with Gasteiger partial charge in [-0.15, -0.1) is 0 Å². The Hall–Kier alpha value is -1.57. The Balaban J connectivity index is 2.40. The summed E-state index contributed by atoms with van der Waals surface area (Å²) in [4.78, 5) is 13.4. The van der Waals surface area contributed by atoms with Crippen LogP contribution < -0.4 is 0 Å². The van der Waals surface area contributed by atoms with Crippen molar-refractivity contribution in [2.24, 2.45) is 0 Å². The molecule has 2 nitrogen and oxygen atoms in total. The highest BCUT2D eigenvalue weighted by Crippen LogP contribution is 2.36. The van der Waals surface area contributed by atoms with E-state index in [1.54, 1.807) is 0 Å². The molecule has 1 aromatic carbocycles. The van der Waals surface area contributed by atoms with Gasteiger partial charge in [-0.3, -0.25) is 4.79 Å². The van der Waals surface area contributed by atoms with Gasteiger partial charge in [0.05, 0.1) is 6.04 Å². The summed E-state index contributed by atoms with van der Waals surface area (Å²) in [5, 5.41) is 0. The Kier molecular flexibility index (Phi) is 5.40. The number of hydrogen-bond donors (Lipinski definition) is 0. The first-order chi connectivity index (χ1) is 9.81. The fourth-order valence-corrected chi connectivity index (χ4v) is 3.08. The van der Waals surface area contributed by atoms with Crippen molar-refractivity contribution in [2.45, 2.75) is 52.0 Å². The van der Waals surface area contributed by atoms with Crippen LogP contribution in [-0.4, -0.2) is 17.9 Å². The number of allylic oxidation sites excluding steroid dienone is 1. The minimum atomic E-state index is 0.156. The van der Waals surface area contributed by atoms with E-state index in [0.717, 1.165) is 45.1 Å². The van der Waals surface area contributed by atoms with Crippen LogP contribution in [-0.2, 0) is 11.2 Å². The summed E-state index contributed by atoms with van der Waals surface area (Å²) in [7, 11) is 0. The van der Waals surface area contributed by atoms with Gasteiger partial charge >= 0.3 is 0 Å². The van der Waals surface area contributed by atoms with Crippen LogP contribution in [0.4, 0.5) is 0 Å². The van der Waals surface area contributed by atoms with Gasteiger partial charge in [0.2, 0.25) is 6.41 Å². The molecule has 0 saturated carbocycles. The van der Waals surface area contributed by atoms with E-state index in [2.05, 4.69) is 44.2 Å². The Morgan fingerprint density at radius 1 is 1.30 bits per heavy atom. The summed E-state index contributed by atoms with van der Waals surface area (Å²) in [6.07, 6.45) is 8.80. The maximum absolute atomic E-state index is 11.5. The van der Waals surface area contributed by atoms with Gasteiger partial charge in [0.15, 0.2) is 0 Å². The molecule has 1 heterocycles. The second kappa shape index (κ2) is 7.28. The zero-order valence-corrected chi connectivity index (χ0v) is 12.6. The van der Waals surface area contributed by atoms with Gasteiger partial charge in [0.25, 0.3) is 0 Å². The number of fused-ring (bicyclic) bond motifs is 1. The quantitative estimate of drug-likeness (QED) is 0.559. The molecular weight excluding hydrogens is 246 g/mol. The van der Waals surface area contributed by atoms with Crippen molar-refractivity contribution in [1.29, 1.82) is 0 Å². The molecule has 1 unspecified atom stereocenters. The highest BCUT2D eigenvalue weighted by atomic mass is 16.1. The van der Waals surface area contributed by atoms with Crippen molar-refractivity contribution in [3.8, 4) is 0 Å². The third kappa shape index (κ3) is 3.12. The maximum atomic E-state index is 11.5. The first kappa shape index (κ1) is 14.8. The maximum Gasteiger partial charge on any atom is 0.210 e. The average Bonchev–Trinajstić information content (AvgIpc) is 2.50. The van der Waals surface area contributed by atoms with Crippen LogP contribution in [0.2, 0.25) is 0 Å². The van der Waals surface area contributed by atoms with Crippen LogP contribution in [0.15, 0.2) is 35.9 Å². The Bertz CT molecular complexity index is 478. The van der Waals surface area contributed by atoms with Crippen LogP contribution >= 0.6 is 0 Å². The van der Waals surface area contributed by atoms with Gasteiger partial charge < -0.3 is 4.90 Å². The molecule has 0 aliphatic carbocycles. The third-order valence-electron chi connectivity index (χ3n) is 4.04. The van der Waals surface area contributed by atoms with Crippen LogP contribution in [0.3, 0.4) is 0 Å². The molecule has 0 radical (unpaired) electrons. The first-order valence-electron chi connectivity index (χ1n) is 7.79. The normalized spacial score (nSPS) is 18.8. The highest BCUT2D eigenvalue weighted by molar-refractivity contribution is 5.53. The van der Waals surface area contributed by atoms with Crippen LogP contribution in [0, 0.1) is 0 Å². The summed E-state index contributed by atoms with van der Waals surface area (Å²) in [6, 6.07) is 8.73. The molecule has 0 saturated heterocycles. The summed E-state index contributed by atoms with van der Waals surface area (Å²) in [6.45, 7) is 5.24. The molecular formula is C18H25NO. The van der Waals surface area contributed by atoms with Gasteiger partial charge in [0.1, 0.15) is 0 Å². The number of benzene rings is 1. The predicted molar refractivity (Wildman–Crippen MR) is 83.6 cm³/mol. The average molecular weight is 271 g/mol. The second-order valence-corrected chi connectivity index (χ2v) is 5.51. The number of carbonyl (C=O) groups excluding carboxylic acids is 1. The van der Waals surface area contributed by atoms with Crippen LogP contribution in [0.5, 0.6) is 0 Å². The lowest BCUT2D eigenvalue weighted by molar-refractivity contribution is -0.120. The molecule has 0 spiro atoms. The van der Waals surface area contributed by atoms with E-state index < -0.39 is 0 Å². The van der Waals surface area contributed by atoms with Crippen molar-refractivity contribution < 1.29 is 4.79 Å². The number of hydrogen-bond acceptors (Lipinski definition) is 1. The summed E-state index contributed by atoms with van der Waals surface area (Å²) in [5.74, 6) is 0. The summed E-state index contributed by atoms with van der Waals surface area (Å²) >= 11 is 0. The number of rotatable bonds is 6. The molecule has 0 N–H and O–H groups in total. The minimum absolute atomic E-state index is 0.156. The smallest absolute Gasteiger partial charge is 0.210 e. The third-order valence-corrected chi connectivity index (χ3v) is 4.04. The van der Waals surface area contributed by atoms with Crippen LogP contribution in [0.1, 0.15) is 56.7 Å². The van der Waals surface area contributed by atoms with E-state index in [1.165, 1.54) is 16.7 Å². The van der Waals surface area contributed by atoms with Crippen molar-refractivity contribution in [3.05, 3.63) is 47.0 Å². The minimum Gasteiger partial charge on any atom is -0.334 e. The molecule has 0 bridgehead atoms. The topological polar surface area (TPSA) is 20.3 Å². The number of carbonyl (C=O) groups is 1. The standard InChI is InChI=1S/C18H25NO/c1-3-5-9-16(8-4-2)18-17-11-7-6-10-15(17)12-13-19(18)14-20/h6-7,9-11,14,18H,3-5,8,12-13H2,1-2H3/b16-9+. The number of amides is 1. The first-order valence-corrected chi connectivity index (χ1v) is 7.79.